The molecule has 0 spiro atoms. The molecule has 0 saturated carbocycles. The number of para-hydroxylation sites is 1. The Balaban J connectivity index is 1.61. The average Bonchev–Trinajstić information content (AvgIpc) is 2.85. The molecule has 3 aromatic rings. The third-order valence-corrected chi connectivity index (χ3v) is 5.34. The summed E-state index contributed by atoms with van der Waals surface area (Å²) in [6, 6.07) is 23.2. The number of hydrogen-bond acceptors (Lipinski definition) is 6. The van der Waals surface area contributed by atoms with Gasteiger partial charge >= 0.3 is 5.97 Å². The lowest BCUT2D eigenvalue weighted by atomic mass is 10.0. The van der Waals surface area contributed by atoms with Crippen molar-refractivity contribution >= 4 is 17.7 Å². The van der Waals surface area contributed by atoms with Gasteiger partial charge in [-0.2, -0.15) is 0 Å². The van der Waals surface area contributed by atoms with Crippen LogP contribution in [-0.2, 0) is 20.9 Å². The maximum Gasteiger partial charge on any atom is 0.356 e. The van der Waals surface area contributed by atoms with Crippen LogP contribution in [0.4, 0.5) is 0 Å². The number of benzene rings is 3. The zero-order valence-corrected chi connectivity index (χ0v) is 18.5. The number of carbonyl (C=O) groups excluding carboxylic acids is 2. The molecule has 0 fully saturated rings. The SMILES string of the molecule is COC(=O)C1=CN(Cc2ccc(C(=N)N)cc2)C(c2ccc(Oc3ccccc3)cc2)C(=O)N1. The molecule has 8 nitrogen and oxygen atoms in total. The minimum Gasteiger partial charge on any atom is -0.464 e. The number of hydrogen-bond donors (Lipinski definition) is 3. The molecule has 4 N–H and O–H groups in total. The molecule has 3 aromatic carbocycles. The van der Waals surface area contributed by atoms with Crippen molar-refractivity contribution in [2.75, 3.05) is 7.11 Å². The lowest BCUT2D eigenvalue weighted by Crippen LogP contribution is -2.44. The second-order valence-electron chi connectivity index (χ2n) is 7.69. The molecule has 1 atom stereocenters. The highest BCUT2D eigenvalue weighted by Crippen LogP contribution is 2.30. The Morgan fingerprint density at radius 1 is 1.00 bits per heavy atom. The molecule has 34 heavy (non-hydrogen) atoms. The van der Waals surface area contributed by atoms with Gasteiger partial charge in [-0.05, 0) is 35.4 Å². The molecule has 172 valence electrons. The molecule has 1 aliphatic heterocycles. The van der Waals surface area contributed by atoms with E-state index in [-0.39, 0.29) is 17.4 Å². The first-order valence-electron chi connectivity index (χ1n) is 10.6. The summed E-state index contributed by atoms with van der Waals surface area (Å²) in [6.45, 7) is 0.346. The van der Waals surface area contributed by atoms with E-state index >= 15 is 0 Å². The first-order valence-corrected chi connectivity index (χ1v) is 10.6. The Kier molecular flexibility index (Phi) is 6.59. The van der Waals surface area contributed by atoms with Crippen molar-refractivity contribution in [2.45, 2.75) is 12.6 Å². The Bertz CT molecular complexity index is 1220. The van der Waals surface area contributed by atoms with Crippen LogP contribution in [-0.4, -0.2) is 29.7 Å². The highest BCUT2D eigenvalue weighted by atomic mass is 16.5. The molecule has 0 bridgehead atoms. The molecule has 1 unspecified atom stereocenters. The summed E-state index contributed by atoms with van der Waals surface area (Å²) >= 11 is 0. The zero-order chi connectivity index (χ0) is 24.1. The highest BCUT2D eigenvalue weighted by Gasteiger charge is 2.33. The van der Waals surface area contributed by atoms with Crippen molar-refractivity contribution in [3.63, 3.8) is 0 Å². The molecule has 4 rings (SSSR count). The predicted octanol–water partition coefficient (Wildman–Crippen LogP) is 3.45. The third kappa shape index (κ3) is 5.07. The van der Waals surface area contributed by atoms with Crippen LogP contribution in [0.5, 0.6) is 11.5 Å². The number of esters is 1. The van der Waals surface area contributed by atoms with Crippen molar-refractivity contribution in [2.24, 2.45) is 5.73 Å². The van der Waals surface area contributed by atoms with Crippen LogP contribution in [0.3, 0.4) is 0 Å². The monoisotopic (exact) mass is 456 g/mol. The van der Waals surface area contributed by atoms with E-state index in [9.17, 15) is 9.59 Å². The molecule has 1 heterocycles. The standard InChI is InChI=1S/C26H24N4O4/c1-33-26(32)22-16-30(15-17-7-9-19(10-8-17)24(27)28)23(25(31)29-22)18-11-13-21(14-12-18)34-20-5-3-2-4-6-20/h2-14,16,23H,15H2,1H3,(H3,27,28)(H,29,31). The molecule has 0 aliphatic carbocycles. The third-order valence-electron chi connectivity index (χ3n) is 5.34. The van der Waals surface area contributed by atoms with Crippen LogP contribution in [0, 0.1) is 5.41 Å². The number of nitrogens with two attached hydrogens (primary N) is 1. The Hall–Kier alpha value is -4.59. The summed E-state index contributed by atoms with van der Waals surface area (Å²) in [5.41, 5.74) is 7.83. The van der Waals surface area contributed by atoms with E-state index in [1.54, 1.807) is 35.4 Å². The van der Waals surface area contributed by atoms with Crippen LogP contribution >= 0.6 is 0 Å². The minimum absolute atomic E-state index is 0.0209. The van der Waals surface area contributed by atoms with Gasteiger partial charge in [0, 0.05) is 18.3 Å². The summed E-state index contributed by atoms with van der Waals surface area (Å²) < 4.78 is 10.6. The van der Waals surface area contributed by atoms with Crippen LogP contribution in [0.25, 0.3) is 0 Å². The topological polar surface area (TPSA) is 118 Å². The number of amides is 1. The largest absolute Gasteiger partial charge is 0.464 e. The number of amidine groups is 1. The van der Waals surface area contributed by atoms with E-state index in [2.05, 4.69) is 5.32 Å². The fraction of sp³-hybridized carbons (Fsp3) is 0.115. The smallest absolute Gasteiger partial charge is 0.356 e. The van der Waals surface area contributed by atoms with Crippen LogP contribution in [0.15, 0.2) is 90.8 Å². The minimum atomic E-state index is -0.674. The predicted molar refractivity (Wildman–Crippen MR) is 127 cm³/mol. The Labute approximate surface area is 197 Å². The van der Waals surface area contributed by atoms with E-state index < -0.39 is 12.0 Å². The van der Waals surface area contributed by atoms with Gasteiger partial charge in [-0.25, -0.2) is 4.79 Å². The van der Waals surface area contributed by atoms with Gasteiger partial charge in [0.25, 0.3) is 5.91 Å². The van der Waals surface area contributed by atoms with Crippen molar-refractivity contribution in [3.8, 4) is 11.5 Å². The van der Waals surface area contributed by atoms with Gasteiger partial charge in [0.2, 0.25) is 0 Å². The summed E-state index contributed by atoms with van der Waals surface area (Å²) in [5.74, 6) is 0.359. The molecule has 0 saturated heterocycles. The molecule has 1 aliphatic rings. The molecular formula is C26H24N4O4. The van der Waals surface area contributed by atoms with Crippen molar-refractivity contribution in [1.82, 2.24) is 10.2 Å². The highest BCUT2D eigenvalue weighted by molar-refractivity contribution is 5.97. The van der Waals surface area contributed by atoms with E-state index in [0.717, 1.165) is 11.1 Å². The Morgan fingerprint density at radius 3 is 2.26 bits per heavy atom. The fourth-order valence-corrected chi connectivity index (χ4v) is 3.66. The van der Waals surface area contributed by atoms with Crippen LogP contribution in [0.1, 0.15) is 22.7 Å². The number of ether oxygens (including phenoxy) is 2. The van der Waals surface area contributed by atoms with Crippen molar-refractivity contribution in [3.05, 3.63) is 107 Å². The van der Waals surface area contributed by atoms with Crippen molar-refractivity contribution < 1.29 is 19.1 Å². The first-order chi connectivity index (χ1) is 16.4. The summed E-state index contributed by atoms with van der Waals surface area (Å²) in [4.78, 5) is 27.0. The quantitative estimate of drug-likeness (QED) is 0.285. The molecule has 0 radical (unpaired) electrons. The fourth-order valence-electron chi connectivity index (χ4n) is 3.66. The van der Waals surface area contributed by atoms with E-state index in [1.165, 1.54) is 7.11 Å². The van der Waals surface area contributed by atoms with Gasteiger partial charge in [-0.1, -0.05) is 54.6 Å². The lowest BCUT2D eigenvalue weighted by molar-refractivity contribution is -0.139. The number of carbonyl (C=O) groups is 2. The van der Waals surface area contributed by atoms with E-state index in [4.69, 9.17) is 20.6 Å². The zero-order valence-electron chi connectivity index (χ0n) is 18.5. The summed E-state index contributed by atoms with van der Waals surface area (Å²) in [7, 11) is 1.26. The molecular weight excluding hydrogens is 432 g/mol. The second-order valence-corrected chi connectivity index (χ2v) is 7.69. The maximum atomic E-state index is 13.1. The number of nitrogens with one attached hydrogen (secondary N) is 2. The van der Waals surface area contributed by atoms with Crippen molar-refractivity contribution in [1.29, 1.82) is 5.41 Å². The summed E-state index contributed by atoms with van der Waals surface area (Å²) in [6.07, 6.45) is 1.59. The van der Waals surface area contributed by atoms with Gasteiger partial charge in [0.1, 0.15) is 29.1 Å². The summed E-state index contributed by atoms with van der Waals surface area (Å²) in [5, 5.41) is 10.2. The van der Waals surface area contributed by atoms with Gasteiger partial charge in [-0.3, -0.25) is 10.2 Å². The second kappa shape index (κ2) is 9.91. The van der Waals surface area contributed by atoms with Gasteiger partial charge in [0.05, 0.1) is 7.11 Å². The van der Waals surface area contributed by atoms with E-state index in [0.29, 0.717) is 23.6 Å². The number of nitrogens with zero attached hydrogens (tertiary/aromatic N) is 1. The van der Waals surface area contributed by atoms with Crippen LogP contribution in [0.2, 0.25) is 0 Å². The first kappa shape index (κ1) is 22.6. The van der Waals surface area contributed by atoms with Gasteiger partial charge < -0.3 is 25.4 Å². The number of nitrogen functional groups attached to an aromatic ring is 1. The number of rotatable bonds is 7. The average molecular weight is 457 g/mol. The molecule has 8 heteroatoms. The lowest BCUT2D eigenvalue weighted by Gasteiger charge is -2.34. The maximum absolute atomic E-state index is 13.1. The van der Waals surface area contributed by atoms with Gasteiger partial charge in [0.15, 0.2) is 0 Å². The Morgan fingerprint density at radius 2 is 1.65 bits per heavy atom. The number of methoxy groups -OCH3 is 1. The molecule has 0 aromatic heterocycles. The van der Waals surface area contributed by atoms with Gasteiger partial charge in [-0.15, -0.1) is 0 Å². The van der Waals surface area contributed by atoms with E-state index in [1.807, 2.05) is 54.6 Å². The van der Waals surface area contributed by atoms with Crippen LogP contribution < -0.4 is 15.8 Å². The normalized spacial score (nSPS) is 15.2. The molecule has 1 amide bonds.